The first kappa shape index (κ1) is 25.8. The molecule has 0 saturated carbocycles. The van der Waals surface area contributed by atoms with Crippen LogP contribution in [0.4, 0.5) is 5.00 Å². The third-order valence-electron chi connectivity index (χ3n) is 3.65. The minimum atomic E-state index is -1.95. The Bertz CT molecular complexity index is 769. The Morgan fingerprint density at radius 2 is 1.55 bits per heavy atom. The predicted octanol–water partition coefficient (Wildman–Crippen LogP) is 4.68. The quantitative estimate of drug-likeness (QED) is 0.329. The van der Waals surface area contributed by atoms with Crippen LogP contribution in [0.15, 0.2) is 0 Å². The molecule has 0 aliphatic rings. The van der Waals surface area contributed by atoms with Gasteiger partial charge in [0.15, 0.2) is 0 Å². The fourth-order valence-electron chi connectivity index (χ4n) is 2.13. The number of thiophene rings is 1. The molecule has 164 valence electrons. The largest absolute Gasteiger partial charge is 0.462 e. The lowest BCUT2D eigenvalue weighted by Crippen LogP contribution is -2.52. The van der Waals surface area contributed by atoms with E-state index in [-0.39, 0.29) is 34.6 Å². The second-order valence-electron chi connectivity index (χ2n) is 7.04. The minimum Gasteiger partial charge on any atom is -0.462 e. The van der Waals surface area contributed by atoms with Gasteiger partial charge >= 0.3 is 11.9 Å². The van der Waals surface area contributed by atoms with Crippen molar-refractivity contribution < 1.29 is 23.9 Å². The standard InChI is InChI=1S/C18H25Cl3N2O5S/c1-7-27-13(24)10-9(3)11(14(25)28-8-2)29-12(10)22-15(18(19,20)21)23-16(26)17(4,5)6/h15,22H,7-8H2,1-6H3,(H,23,26). The molecule has 1 unspecified atom stereocenters. The summed E-state index contributed by atoms with van der Waals surface area (Å²) in [5, 5.41) is 5.71. The third-order valence-corrected chi connectivity index (χ3v) is 5.50. The molecular weight excluding hydrogens is 463 g/mol. The highest BCUT2D eigenvalue weighted by Gasteiger charge is 2.38. The summed E-state index contributed by atoms with van der Waals surface area (Å²) >= 11 is 19.1. The minimum absolute atomic E-state index is 0.115. The Labute approximate surface area is 189 Å². The molecule has 0 aromatic carbocycles. The Balaban J connectivity index is 3.40. The first-order chi connectivity index (χ1) is 13.2. The van der Waals surface area contributed by atoms with Crippen LogP contribution in [0.5, 0.6) is 0 Å². The van der Waals surface area contributed by atoms with E-state index in [4.69, 9.17) is 44.3 Å². The van der Waals surface area contributed by atoms with E-state index in [1.54, 1.807) is 41.5 Å². The second-order valence-corrected chi connectivity index (χ2v) is 10.4. The van der Waals surface area contributed by atoms with E-state index in [1.165, 1.54) is 0 Å². The van der Waals surface area contributed by atoms with Gasteiger partial charge in [0.05, 0.1) is 18.8 Å². The highest BCUT2D eigenvalue weighted by molar-refractivity contribution is 7.18. The van der Waals surface area contributed by atoms with Crippen molar-refractivity contribution in [2.75, 3.05) is 18.5 Å². The van der Waals surface area contributed by atoms with Crippen molar-refractivity contribution >= 4 is 69.0 Å². The van der Waals surface area contributed by atoms with Crippen molar-refractivity contribution in [3.05, 3.63) is 16.0 Å². The maximum atomic E-state index is 12.5. The Hall–Kier alpha value is -1.22. The van der Waals surface area contributed by atoms with E-state index in [1.807, 2.05) is 0 Å². The number of nitrogens with one attached hydrogen (secondary N) is 2. The summed E-state index contributed by atoms with van der Waals surface area (Å²) in [7, 11) is 0. The lowest BCUT2D eigenvalue weighted by Gasteiger charge is -2.30. The van der Waals surface area contributed by atoms with E-state index in [0.29, 0.717) is 5.56 Å². The van der Waals surface area contributed by atoms with Crippen molar-refractivity contribution in [2.24, 2.45) is 5.41 Å². The zero-order valence-corrected chi connectivity index (χ0v) is 20.2. The van der Waals surface area contributed by atoms with Gasteiger partial charge in [-0.1, -0.05) is 55.6 Å². The number of ether oxygens (including phenoxy) is 2. The third kappa shape index (κ3) is 6.91. The molecule has 1 aromatic rings. The van der Waals surface area contributed by atoms with Gasteiger partial charge < -0.3 is 20.1 Å². The Morgan fingerprint density at radius 3 is 2.00 bits per heavy atom. The molecule has 0 saturated heterocycles. The van der Waals surface area contributed by atoms with Crippen LogP contribution in [-0.4, -0.2) is 41.0 Å². The number of esters is 2. The normalized spacial score (nSPS) is 12.9. The monoisotopic (exact) mass is 486 g/mol. The average Bonchev–Trinajstić information content (AvgIpc) is 2.89. The Kier molecular flexibility index (Phi) is 9.08. The molecular formula is C18H25Cl3N2O5S. The maximum Gasteiger partial charge on any atom is 0.348 e. The molecule has 0 radical (unpaired) electrons. The molecule has 29 heavy (non-hydrogen) atoms. The van der Waals surface area contributed by atoms with Crippen molar-refractivity contribution in [1.82, 2.24) is 5.32 Å². The SMILES string of the molecule is CCOC(=O)c1sc(NC(NC(=O)C(C)(C)C)C(Cl)(Cl)Cl)c(C(=O)OCC)c1C. The highest BCUT2D eigenvalue weighted by atomic mass is 35.6. The van der Waals surface area contributed by atoms with Crippen LogP contribution in [0.3, 0.4) is 0 Å². The number of rotatable bonds is 7. The van der Waals surface area contributed by atoms with Crippen molar-refractivity contribution in [3.63, 3.8) is 0 Å². The van der Waals surface area contributed by atoms with Gasteiger partial charge in [0.2, 0.25) is 9.70 Å². The zero-order chi connectivity index (χ0) is 22.6. The highest BCUT2D eigenvalue weighted by Crippen LogP contribution is 2.38. The number of alkyl halides is 3. The smallest absolute Gasteiger partial charge is 0.348 e. The van der Waals surface area contributed by atoms with Gasteiger partial charge in [-0.2, -0.15) is 0 Å². The fourth-order valence-corrected chi connectivity index (χ4v) is 3.58. The number of carbonyl (C=O) groups excluding carboxylic acids is 3. The lowest BCUT2D eigenvalue weighted by molar-refractivity contribution is -0.129. The molecule has 1 amide bonds. The van der Waals surface area contributed by atoms with E-state index in [0.717, 1.165) is 11.3 Å². The molecule has 2 N–H and O–H groups in total. The molecule has 1 aromatic heterocycles. The zero-order valence-electron chi connectivity index (χ0n) is 17.1. The van der Waals surface area contributed by atoms with E-state index >= 15 is 0 Å². The van der Waals surface area contributed by atoms with Gasteiger partial charge in [-0.15, -0.1) is 11.3 Å². The van der Waals surface area contributed by atoms with Crippen molar-refractivity contribution in [3.8, 4) is 0 Å². The number of halogens is 3. The topological polar surface area (TPSA) is 93.7 Å². The summed E-state index contributed by atoms with van der Waals surface area (Å²) < 4.78 is 8.19. The molecule has 1 rings (SSSR count). The molecule has 0 aliphatic carbocycles. The number of carbonyl (C=O) groups is 3. The molecule has 11 heteroatoms. The molecule has 0 bridgehead atoms. The summed E-state index contributed by atoms with van der Waals surface area (Å²) in [4.78, 5) is 37.4. The Morgan fingerprint density at radius 1 is 1.03 bits per heavy atom. The summed E-state index contributed by atoms with van der Waals surface area (Å²) in [5.41, 5.74) is -0.259. The van der Waals surface area contributed by atoms with Crippen LogP contribution in [0.1, 0.15) is 60.2 Å². The summed E-state index contributed by atoms with van der Waals surface area (Å²) in [5.74, 6) is -1.61. The first-order valence-electron chi connectivity index (χ1n) is 8.85. The van der Waals surface area contributed by atoms with E-state index in [2.05, 4.69) is 10.6 Å². The van der Waals surface area contributed by atoms with Crippen molar-refractivity contribution in [2.45, 2.75) is 51.5 Å². The number of hydrogen-bond acceptors (Lipinski definition) is 7. The van der Waals surface area contributed by atoms with E-state index in [9.17, 15) is 14.4 Å². The number of hydrogen-bond donors (Lipinski definition) is 2. The maximum absolute atomic E-state index is 12.5. The summed E-state index contributed by atoms with van der Waals surface area (Å²) in [6.45, 7) is 10.4. The molecule has 7 nitrogen and oxygen atoms in total. The predicted molar refractivity (Wildman–Crippen MR) is 116 cm³/mol. The van der Waals surface area contributed by atoms with Crippen LogP contribution >= 0.6 is 46.1 Å². The van der Waals surface area contributed by atoms with Crippen LogP contribution in [0, 0.1) is 12.3 Å². The fraction of sp³-hybridized carbons (Fsp3) is 0.611. The number of anilines is 1. The van der Waals surface area contributed by atoms with Gasteiger partial charge in [0.1, 0.15) is 16.0 Å². The molecule has 0 fully saturated rings. The molecule has 0 spiro atoms. The van der Waals surface area contributed by atoms with Gasteiger partial charge in [0.25, 0.3) is 0 Å². The average molecular weight is 488 g/mol. The van der Waals surface area contributed by atoms with Gasteiger partial charge in [-0.3, -0.25) is 4.79 Å². The van der Waals surface area contributed by atoms with Gasteiger partial charge in [-0.25, -0.2) is 9.59 Å². The van der Waals surface area contributed by atoms with Crippen LogP contribution in [0.2, 0.25) is 0 Å². The molecule has 1 heterocycles. The molecule has 0 aliphatic heterocycles. The van der Waals surface area contributed by atoms with Crippen LogP contribution < -0.4 is 10.6 Å². The second kappa shape index (κ2) is 10.2. The summed E-state index contributed by atoms with van der Waals surface area (Å²) in [6.07, 6.45) is -1.18. The lowest BCUT2D eigenvalue weighted by atomic mass is 9.95. The van der Waals surface area contributed by atoms with E-state index < -0.39 is 27.3 Å². The molecule has 1 atom stereocenters. The number of amides is 1. The summed E-state index contributed by atoms with van der Waals surface area (Å²) in [6, 6.07) is 0. The van der Waals surface area contributed by atoms with Gasteiger partial charge in [0, 0.05) is 5.41 Å². The van der Waals surface area contributed by atoms with Gasteiger partial charge in [-0.05, 0) is 26.3 Å². The van der Waals surface area contributed by atoms with Crippen molar-refractivity contribution in [1.29, 1.82) is 0 Å². The van der Waals surface area contributed by atoms with Crippen LogP contribution in [0.25, 0.3) is 0 Å². The first-order valence-corrected chi connectivity index (χ1v) is 10.8. The van der Waals surface area contributed by atoms with Crippen LogP contribution in [-0.2, 0) is 14.3 Å².